The second kappa shape index (κ2) is 4.00. The van der Waals surface area contributed by atoms with Crippen molar-refractivity contribution in [1.29, 1.82) is 0 Å². The first-order valence-corrected chi connectivity index (χ1v) is 4.00. The van der Waals surface area contributed by atoms with E-state index < -0.39 is 0 Å². The van der Waals surface area contributed by atoms with Crippen LogP contribution in [0.2, 0.25) is 0 Å². The van der Waals surface area contributed by atoms with Crippen molar-refractivity contribution in [2.24, 2.45) is 0 Å². The third kappa shape index (κ3) is 2.83. The number of hydrazine groups is 1. The number of carbonyl (C=O) groups excluding carboxylic acids is 1. The summed E-state index contributed by atoms with van der Waals surface area (Å²) >= 11 is 0. The van der Waals surface area contributed by atoms with E-state index in [1.165, 1.54) is 0 Å². The summed E-state index contributed by atoms with van der Waals surface area (Å²) in [6, 6.07) is 3.44. The molecule has 0 fully saturated rings. The van der Waals surface area contributed by atoms with Gasteiger partial charge < -0.3 is 0 Å². The molecule has 0 aliphatic rings. The lowest BCUT2D eigenvalue weighted by molar-refractivity contribution is 0.0856. The number of nitrogens with zero attached hydrogens (tertiary/aromatic N) is 2. The molecule has 0 atom stereocenters. The highest BCUT2D eigenvalue weighted by Gasteiger charge is 2.05. The van der Waals surface area contributed by atoms with Crippen molar-refractivity contribution in [3.05, 3.63) is 29.6 Å². The summed E-state index contributed by atoms with van der Waals surface area (Å²) in [5.74, 6) is -0.115. The molecule has 1 rings (SSSR count). The Balaban J connectivity index is 2.77. The van der Waals surface area contributed by atoms with Crippen LogP contribution < -0.4 is 5.43 Å². The molecule has 0 saturated heterocycles. The smallest absolute Gasteiger partial charge is 0.265 e. The van der Waals surface area contributed by atoms with Gasteiger partial charge in [0.15, 0.2) is 0 Å². The topological polar surface area (TPSA) is 45.2 Å². The van der Waals surface area contributed by atoms with Gasteiger partial charge in [0, 0.05) is 31.5 Å². The van der Waals surface area contributed by atoms with Gasteiger partial charge in [0.2, 0.25) is 0 Å². The van der Waals surface area contributed by atoms with Crippen LogP contribution in [0.1, 0.15) is 16.1 Å². The summed E-state index contributed by atoms with van der Waals surface area (Å²) in [7, 11) is 3.54. The van der Waals surface area contributed by atoms with E-state index in [0.717, 1.165) is 5.69 Å². The molecule has 1 aromatic heterocycles. The van der Waals surface area contributed by atoms with Crippen LogP contribution in [0.3, 0.4) is 0 Å². The number of nitrogens with one attached hydrogen (secondary N) is 1. The number of carbonyl (C=O) groups is 1. The van der Waals surface area contributed by atoms with Gasteiger partial charge in [-0.15, -0.1) is 0 Å². The number of rotatable bonds is 2. The third-order valence-electron chi connectivity index (χ3n) is 1.48. The SMILES string of the molecule is Cc1cc(C(=O)NN(C)C)ccn1. The van der Waals surface area contributed by atoms with Crippen molar-refractivity contribution in [2.45, 2.75) is 6.92 Å². The Labute approximate surface area is 77.6 Å². The zero-order chi connectivity index (χ0) is 9.84. The highest BCUT2D eigenvalue weighted by Crippen LogP contribution is 1.99. The average Bonchev–Trinajstić information content (AvgIpc) is 2.03. The minimum absolute atomic E-state index is 0.115. The minimum atomic E-state index is -0.115. The van der Waals surface area contributed by atoms with Crippen LogP contribution in [0.15, 0.2) is 18.3 Å². The number of hydrogen-bond acceptors (Lipinski definition) is 3. The Hall–Kier alpha value is -1.42. The molecule has 0 bridgehead atoms. The van der Waals surface area contributed by atoms with E-state index in [1.54, 1.807) is 37.4 Å². The van der Waals surface area contributed by atoms with E-state index in [0.29, 0.717) is 5.56 Å². The highest BCUT2D eigenvalue weighted by atomic mass is 16.2. The van der Waals surface area contributed by atoms with Crippen LogP contribution in [-0.4, -0.2) is 30.0 Å². The molecule has 0 saturated carbocycles. The van der Waals surface area contributed by atoms with Crippen molar-refractivity contribution < 1.29 is 4.79 Å². The van der Waals surface area contributed by atoms with E-state index in [1.807, 2.05) is 6.92 Å². The Bertz CT molecular complexity index is 309. The van der Waals surface area contributed by atoms with Crippen LogP contribution in [0.5, 0.6) is 0 Å². The quantitative estimate of drug-likeness (QED) is 0.676. The van der Waals surface area contributed by atoms with Crippen LogP contribution >= 0.6 is 0 Å². The van der Waals surface area contributed by atoms with E-state index in [-0.39, 0.29) is 5.91 Å². The first-order valence-electron chi connectivity index (χ1n) is 4.00. The van der Waals surface area contributed by atoms with Gasteiger partial charge in [0.25, 0.3) is 5.91 Å². The molecule has 70 valence electrons. The predicted octanol–water partition coefficient (Wildman–Crippen LogP) is 0.596. The lowest BCUT2D eigenvalue weighted by Gasteiger charge is -2.11. The highest BCUT2D eigenvalue weighted by molar-refractivity contribution is 5.93. The fraction of sp³-hybridized carbons (Fsp3) is 0.333. The van der Waals surface area contributed by atoms with Crippen molar-refractivity contribution in [3.8, 4) is 0 Å². The third-order valence-corrected chi connectivity index (χ3v) is 1.48. The molecule has 4 heteroatoms. The monoisotopic (exact) mass is 179 g/mol. The predicted molar refractivity (Wildman–Crippen MR) is 50.1 cm³/mol. The minimum Gasteiger partial charge on any atom is -0.285 e. The lowest BCUT2D eigenvalue weighted by Crippen LogP contribution is -2.36. The molecule has 1 aromatic rings. The lowest BCUT2D eigenvalue weighted by atomic mass is 10.2. The largest absolute Gasteiger partial charge is 0.285 e. The van der Waals surface area contributed by atoms with Gasteiger partial charge in [-0.05, 0) is 19.1 Å². The van der Waals surface area contributed by atoms with Crippen molar-refractivity contribution in [3.63, 3.8) is 0 Å². The number of amides is 1. The molecular formula is C9H13N3O. The molecule has 0 radical (unpaired) electrons. The van der Waals surface area contributed by atoms with Crippen LogP contribution in [0.25, 0.3) is 0 Å². The molecule has 0 aromatic carbocycles. The molecule has 0 spiro atoms. The van der Waals surface area contributed by atoms with E-state index >= 15 is 0 Å². The van der Waals surface area contributed by atoms with E-state index in [4.69, 9.17) is 0 Å². The number of aromatic nitrogens is 1. The summed E-state index contributed by atoms with van der Waals surface area (Å²) < 4.78 is 0. The Morgan fingerprint density at radius 3 is 2.77 bits per heavy atom. The van der Waals surface area contributed by atoms with Gasteiger partial charge in [-0.25, -0.2) is 5.01 Å². The van der Waals surface area contributed by atoms with Crippen molar-refractivity contribution >= 4 is 5.91 Å². The molecule has 0 unspecified atom stereocenters. The first-order chi connectivity index (χ1) is 6.09. The second-order valence-corrected chi connectivity index (χ2v) is 3.02. The van der Waals surface area contributed by atoms with Crippen LogP contribution in [-0.2, 0) is 0 Å². The van der Waals surface area contributed by atoms with Crippen LogP contribution in [0.4, 0.5) is 0 Å². The fourth-order valence-electron chi connectivity index (χ4n) is 0.954. The van der Waals surface area contributed by atoms with Gasteiger partial charge in [-0.3, -0.25) is 15.2 Å². The molecule has 1 heterocycles. The summed E-state index contributed by atoms with van der Waals surface area (Å²) in [5.41, 5.74) is 4.12. The Morgan fingerprint density at radius 1 is 1.54 bits per heavy atom. The van der Waals surface area contributed by atoms with Crippen molar-refractivity contribution in [1.82, 2.24) is 15.4 Å². The molecule has 1 N–H and O–H groups in total. The zero-order valence-electron chi connectivity index (χ0n) is 8.03. The summed E-state index contributed by atoms with van der Waals surface area (Å²) in [6.07, 6.45) is 1.62. The van der Waals surface area contributed by atoms with Crippen LogP contribution in [0, 0.1) is 6.92 Å². The molecule has 0 aliphatic carbocycles. The molecular weight excluding hydrogens is 166 g/mol. The maximum atomic E-state index is 11.4. The average molecular weight is 179 g/mol. The second-order valence-electron chi connectivity index (χ2n) is 3.02. The maximum Gasteiger partial charge on any atom is 0.265 e. The van der Waals surface area contributed by atoms with Gasteiger partial charge in [-0.2, -0.15) is 0 Å². The molecule has 0 aliphatic heterocycles. The summed E-state index contributed by atoms with van der Waals surface area (Å²) in [6.45, 7) is 1.85. The normalized spacial score (nSPS) is 10.2. The van der Waals surface area contributed by atoms with Gasteiger partial charge in [-0.1, -0.05) is 0 Å². The summed E-state index contributed by atoms with van der Waals surface area (Å²) in [4.78, 5) is 15.4. The fourth-order valence-corrected chi connectivity index (χ4v) is 0.954. The van der Waals surface area contributed by atoms with E-state index in [2.05, 4.69) is 10.4 Å². The van der Waals surface area contributed by atoms with Gasteiger partial charge >= 0.3 is 0 Å². The van der Waals surface area contributed by atoms with Crippen molar-refractivity contribution in [2.75, 3.05) is 14.1 Å². The first kappa shape index (κ1) is 9.67. The Kier molecular flexibility index (Phi) is 2.97. The van der Waals surface area contributed by atoms with Gasteiger partial charge in [0.1, 0.15) is 0 Å². The summed E-state index contributed by atoms with van der Waals surface area (Å²) in [5, 5.41) is 1.61. The molecule has 4 nitrogen and oxygen atoms in total. The zero-order valence-corrected chi connectivity index (χ0v) is 8.03. The maximum absolute atomic E-state index is 11.4. The van der Waals surface area contributed by atoms with E-state index in [9.17, 15) is 4.79 Å². The number of pyridine rings is 1. The Morgan fingerprint density at radius 2 is 2.23 bits per heavy atom. The standard InChI is InChI=1S/C9H13N3O/c1-7-6-8(4-5-10-7)9(13)11-12(2)3/h4-6H,1-3H3,(H,11,13). The number of hydrogen-bond donors (Lipinski definition) is 1. The molecule has 1 amide bonds. The number of aryl methyl sites for hydroxylation is 1. The molecule has 13 heavy (non-hydrogen) atoms. The van der Waals surface area contributed by atoms with Gasteiger partial charge in [0.05, 0.1) is 0 Å².